The third kappa shape index (κ3) is 8.05. The molecule has 0 unspecified atom stereocenters. The van der Waals surface area contributed by atoms with E-state index < -0.39 is 13.9 Å². The van der Waals surface area contributed by atoms with Gasteiger partial charge >= 0.3 is 49.6 Å². The van der Waals surface area contributed by atoms with E-state index in [1.807, 2.05) is 36.4 Å². The minimum Gasteiger partial charge on any atom is -0.255 e. The Morgan fingerprint density at radius 2 is 1.06 bits per heavy atom. The number of aromatic nitrogens is 2. The Morgan fingerprint density at radius 3 is 1.29 bits per heavy atom. The molecule has 0 aromatic carbocycles. The van der Waals surface area contributed by atoms with Crippen molar-refractivity contribution in [1.82, 2.24) is 9.97 Å². The Morgan fingerprint density at radius 1 is 0.706 bits per heavy atom. The molecule has 0 N–H and O–H groups in total. The van der Waals surface area contributed by atoms with Gasteiger partial charge in [0.05, 0.1) is 11.4 Å². The van der Waals surface area contributed by atoms with Crippen LogP contribution in [0.5, 0.6) is 0 Å². The standard InChI is InChI=1S/C10H8N2.4ClH.Sn/c1-3-7-11-9(5-1)10-6-2-4-8-12-10;;;;;/h1-8H;4*1H;/q;;;;;+4/p-4. The van der Waals surface area contributed by atoms with Gasteiger partial charge in [-0.3, -0.25) is 9.97 Å². The molecule has 2 rings (SSSR count). The molecule has 17 heavy (non-hydrogen) atoms. The summed E-state index contributed by atoms with van der Waals surface area (Å²) in [5, 5.41) is 0. The first-order valence-corrected chi connectivity index (χ1v) is 19.0. The third-order valence-corrected chi connectivity index (χ3v) is 1.59. The maximum atomic E-state index is 5.04. The molecule has 0 aliphatic carbocycles. The monoisotopic (exact) mass is 416 g/mol. The summed E-state index contributed by atoms with van der Waals surface area (Å²) in [6.45, 7) is 0. The van der Waals surface area contributed by atoms with Crippen LogP contribution < -0.4 is 0 Å². The second-order valence-corrected chi connectivity index (χ2v) is 28.3. The van der Waals surface area contributed by atoms with Gasteiger partial charge in [0.15, 0.2) is 0 Å². The molecule has 2 nitrogen and oxygen atoms in total. The van der Waals surface area contributed by atoms with Crippen molar-refractivity contribution in [3.05, 3.63) is 48.8 Å². The molecule has 0 aliphatic rings. The van der Waals surface area contributed by atoms with Gasteiger partial charge in [0, 0.05) is 12.4 Å². The molecule has 0 saturated carbocycles. The molecule has 90 valence electrons. The summed E-state index contributed by atoms with van der Waals surface area (Å²) in [5.41, 5.74) is 1.83. The molecule has 2 aromatic rings. The van der Waals surface area contributed by atoms with Crippen molar-refractivity contribution in [3.8, 4) is 11.4 Å². The van der Waals surface area contributed by atoms with Gasteiger partial charge in [-0.1, -0.05) is 12.1 Å². The van der Waals surface area contributed by atoms with Crippen LogP contribution in [0.4, 0.5) is 0 Å². The van der Waals surface area contributed by atoms with Gasteiger partial charge in [0.1, 0.15) is 0 Å². The molecule has 0 bridgehead atoms. The van der Waals surface area contributed by atoms with E-state index in [-0.39, 0.29) is 0 Å². The van der Waals surface area contributed by atoms with Crippen molar-refractivity contribution in [1.29, 1.82) is 0 Å². The zero-order valence-electron chi connectivity index (χ0n) is 8.53. The molecule has 0 saturated heterocycles. The van der Waals surface area contributed by atoms with Crippen LogP contribution in [-0.2, 0) is 0 Å². The molecule has 2 heterocycles. The molecule has 0 amide bonds. The maximum absolute atomic E-state index is 5.04. The molecule has 2 aromatic heterocycles. The Bertz CT molecular complexity index is 390. The van der Waals surface area contributed by atoms with Gasteiger partial charge in [-0.15, -0.1) is 0 Å². The van der Waals surface area contributed by atoms with Crippen molar-refractivity contribution >= 4 is 49.6 Å². The van der Waals surface area contributed by atoms with Crippen molar-refractivity contribution in [3.63, 3.8) is 0 Å². The van der Waals surface area contributed by atoms with E-state index in [0.717, 1.165) is 11.4 Å². The summed E-state index contributed by atoms with van der Waals surface area (Å²) >= 11 is -3.29. The van der Waals surface area contributed by atoms with Crippen LogP contribution in [0.2, 0.25) is 0 Å². The molecule has 0 fully saturated rings. The molecular weight excluding hydrogens is 409 g/mol. The fourth-order valence-electron chi connectivity index (χ4n) is 1.03. The topological polar surface area (TPSA) is 25.8 Å². The van der Waals surface area contributed by atoms with Gasteiger partial charge in [-0.2, -0.15) is 0 Å². The van der Waals surface area contributed by atoms with Gasteiger partial charge in [-0.05, 0) is 24.3 Å². The molecule has 0 aliphatic heterocycles. The van der Waals surface area contributed by atoms with Crippen LogP contribution in [0.15, 0.2) is 48.8 Å². The third-order valence-electron chi connectivity index (χ3n) is 1.59. The van der Waals surface area contributed by atoms with Crippen molar-refractivity contribution in [2.24, 2.45) is 0 Å². The number of hydrogen-bond acceptors (Lipinski definition) is 2. The SMILES string of the molecule is [Cl][Sn]([Cl])([Cl])[Cl].c1ccc(-c2ccccn2)nc1. The molecule has 0 spiro atoms. The second-order valence-electron chi connectivity index (χ2n) is 2.86. The zero-order chi connectivity index (χ0) is 12.7. The predicted molar refractivity (Wildman–Crippen MR) is 76.6 cm³/mol. The van der Waals surface area contributed by atoms with Crippen LogP contribution in [0.3, 0.4) is 0 Å². The summed E-state index contributed by atoms with van der Waals surface area (Å²) < 4.78 is 0. The number of hydrogen-bond donors (Lipinski definition) is 0. The predicted octanol–water partition coefficient (Wildman–Crippen LogP) is 4.52. The second kappa shape index (κ2) is 7.64. The molecule has 0 radical (unpaired) electrons. The number of halogens is 4. The molecule has 7 heteroatoms. The summed E-state index contributed by atoms with van der Waals surface area (Å²) in [6.07, 6.45) is 3.54. The van der Waals surface area contributed by atoms with Crippen molar-refractivity contribution in [2.75, 3.05) is 0 Å². The smallest absolute Gasteiger partial charge is 0.0886 e. The Kier molecular flexibility index (Phi) is 6.88. The average molecular weight is 417 g/mol. The minimum absolute atomic E-state index is 0.915. The Hall–Kier alpha value is 0.259. The van der Waals surface area contributed by atoms with Crippen LogP contribution in [-0.4, -0.2) is 23.8 Å². The van der Waals surface area contributed by atoms with E-state index >= 15 is 0 Å². The van der Waals surface area contributed by atoms with E-state index in [0.29, 0.717) is 0 Å². The summed E-state index contributed by atoms with van der Waals surface area (Å²) in [6, 6.07) is 11.6. The summed E-state index contributed by atoms with van der Waals surface area (Å²) in [5.74, 6) is 0. The largest absolute Gasteiger partial charge is 0.255 e. The molecular formula is C10H8Cl4N2Sn. The van der Waals surface area contributed by atoms with Crippen molar-refractivity contribution in [2.45, 2.75) is 0 Å². The van der Waals surface area contributed by atoms with E-state index in [9.17, 15) is 0 Å². The van der Waals surface area contributed by atoms with Gasteiger partial charge in [0.2, 0.25) is 0 Å². The van der Waals surface area contributed by atoms with Gasteiger partial charge in [-0.25, -0.2) is 0 Å². The zero-order valence-corrected chi connectivity index (χ0v) is 14.4. The fraction of sp³-hybridized carbons (Fsp3) is 0. The Balaban J connectivity index is 0.000000249. The average Bonchev–Trinajstić information content (AvgIpc) is 2.29. The van der Waals surface area contributed by atoms with E-state index in [4.69, 9.17) is 35.7 Å². The first-order valence-electron chi connectivity index (χ1n) is 4.55. The van der Waals surface area contributed by atoms with Gasteiger partial charge < -0.3 is 0 Å². The van der Waals surface area contributed by atoms with Crippen LogP contribution >= 0.6 is 35.7 Å². The van der Waals surface area contributed by atoms with Gasteiger partial charge in [0.25, 0.3) is 0 Å². The van der Waals surface area contributed by atoms with E-state index in [1.54, 1.807) is 12.4 Å². The minimum atomic E-state index is -3.29. The summed E-state index contributed by atoms with van der Waals surface area (Å²) in [4.78, 5) is 8.37. The quantitative estimate of drug-likeness (QED) is 0.639. The van der Waals surface area contributed by atoms with Crippen LogP contribution in [0.25, 0.3) is 11.4 Å². The normalized spacial score (nSPS) is 10.4. The fourth-order valence-corrected chi connectivity index (χ4v) is 1.03. The number of rotatable bonds is 1. The number of nitrogens with zero attached hydrogens (tertiary/aromatic N) is 2. The van der Waals surface area contributed by atoms with E-state index in [2.05, 4.69) is 9.97 Å². The summed E-state index contributed by atoms with van der Waals surface area (Å²) in [7, 11) is 20.1. The molecule has 0 atom stereocenters. The number of pyridine rings is 2. The van der Waals surface area contributed by atoms with Crippen molar-refractivity contribution < 1.29 is 0 Å². The Labute approximate surface area is 119 Å². The van der Waals surface area contributed by atoms with Crippen LogP contribution in [0.1, 0.15) is 0 Å². The first kappa shape index (κ1) is 15.3. The van der Waals surface area contributed by atoms with Crippen LogP contribution in [0, 0.1) is 0 Å². The first-order chi connectivity index (χ1) is 7.97. The van der Waals surface area contributed by atoms with E-state index in [1.165, 1.54) is 0 Å². The maximum Gasteiger partial charge on any atom is 0.0886 e.